The Morgan fingerprint density at radius 3 is 2.46 bits per heavy atom. The second-order valence-corrected chi connectivity index (χ2v) is 2.78. The number of benzene rings is 1. The molecule has 0 aromatic heterocycles. The van der Waals surface area contributed by atoms with Gasteiger partial charge >= 0.3 is 5.97 Å². The van der Waals surface area contributed by atoms with Gasteiger partial charge in [-0.1, -0.05) is 24.3 Å². The Bertz CT molecular complexity index is 309. The minimum Gasteiger partial charge on any atom is -0.478 e. The van der Waals surface area contributed by atoms with Crippen LogP contribution in [0.3, 0.4) is 0 Å². The molecule has 0 unspecified atom stereocenters. The lowest BCUT2D eigenvalue weighted by Gasteiger charge is -1.97. The number of hydrogen-bond acceptors (Lipinski definition) is 1. The summed E-state index contributed by atoms with van der Waals surface area (Å²) >= 11 is 0. The summed E-state index contributed by atoms with van der Waals surface area (Å²) in [4.78, 5) is 10.5. The molecule has 1 rings (SSSR count). The van der Waals surface area contributed by atoms with Crippen molar-refractivity contribution in [3.05, 3.63) is 47.5 Å². The van der Waals surface area contributed by atoms with Crippen molar-refractivity contribution >= 4 is 5.97 Å². The van der Waals surface area contributed by atoms with Gasteiger partial charge in [-0.05, 0) is 31.0 Å². The molecule has 0 aliphatic carbocycles. The summed E-state index contributed by atoms with van der Waals surface area (Å²) in [6, 6.07) is 6.93. The summed E-state index contributed by atoms with van der Waals surface area (Å²) in [5, 5.41) is 8.64. The molecule has 1 aromatic rings. The van der Waals surface area contributed by atoms with Crippen molar-refractivity contribution in [2.24, 2.45) is 0 Å². The second-order valence-electron chi connectivity index (χ2n) is 2.78. The number of carboxylic acid groups (broad SMARTS) is 1. The van der Waals surface area contributed by atoms with Crippen molar-refractivity contribution in [3.63, 3.8) is 0 Å². The van der Waals surface area contributed by atoms with Crippen molar-refractivity contribution in [2.45, 2.75) is 13.3 Å². The van der Waals surface area contributed by atoms with E-state index in [1.54, 1.807) is 12.1 Å². The normalized spacial score (nSPS) is 10.5. The van der Waals surface area contributed by atoms with Gasteiger partial charge in [-0.2, -0.15) is 0 Å². The Hall–Kier alpha value is -1.57. The maximum atomic E-state index is 10.5. The predicted octanol–water partition coefficient (Wildman–Crippen LogP) is 2.50. The number of allylic oxidation sites excluding steroid dienone is 2. The molecule has 0 saturated carbocycles. The van der Waals surface area contributed by atoms with E-state index in [1.165, 1.54) is 0 Å². The van der Waals surface area contributed by atoms with Crippen LogP contribution in [0.1, 0.15) is 22.8 Å². The number of carbonyl (C=O) groups is 1. The number of aromatic carboxylic acids is 1. The maximum Gasteiger partial charge on any atom is 0.335 e. The van der Waals surface area contributed by atoms with Gasteiger partial charge in [-0.3, -0.25) is 0 Å². The van der Waals surface area contributed by atoms with Gasteiger partial charge in [0, 0.05) is 0 Å². The first-order valence-electron chi connectivity index (χ1n) is 4.17. The van der Waals surface area contributed by atoms with Crippen LogP contribution < -0.4 is 0 Å². The molecule has 0 aliphatic rings. The summed E-state index contributed by atoms with van der Waals surface area (Å²) in [6.45, 7) is 1.96. The van der Waals surface area contributed by atoms with E-state index >= 15 is 0 Å². The maximum absolute atomic E-state index is 10.5. The Kier molecular flexibility index (Phi) is 3.26. The number of carboxylic acids is 1. The Morgan fingerprint density at radius 2 is 2.00 bits per heavy atom. The van der Waals surface area contributed by atoms with Crippen molar-refractivity contribution in [3.8, 4) is 0 Å². The molecular formula is C11H12O2. The molecule has 1 N–H and O–H groups in total. The summed E-state index contributed by atoms with van der Waals surface area (Å²) in [5.41, 5.74) is 1.47. The molecule has 0 amide bonds. The minimum atomic E-state index is -0.877. The first-order chi connectivity index (χ1) is 6.24. The molecule has 0 bridgehead atoms. The largest absolute Gasteiger partial charge is 0.478 e. The second kappa shape index (κ2) is 4.45. The molecule has 68 valence electrons. The average Bonchev–Trinajstić information content (AvgIpc) is 2.15. The molecule has 0 fully saturated rings. The Morgan fingerprint density at radius 1 is 1.38 bits per heavy atom. The summed E-state index contributed by atoms with van der Waals surface area (Å²) in [7, 11) is 0. The highest BCUT2D eigenvalue weighted by Gasteiger charge is 2.00. The Labute approximate surface area is 77.5 Å². The lowest BCUT2D eigenvalue weighted by molar-refractivity contribution is 0.0697. The lowest BCUT2D eigenvalue weighted by atomic mass is 10.1. The summed E-state index contributed by atoms with van der Waals surface area (Å²) in [6.07, 6.45) is 4.87. The van der Waals surface area contributed by atoms with Crippen LogP contribution in [0.4, 0.5) is 0 Å². The van der Waals surface area contributed by atoms with Gasteiger partial charge in [-0.15, -0.1) is 0 Å². The van der Waals surface area contributed by atoms with Crippen LogP contribution in [-0.2, 0) is 6.42 Å². The molecule has 2 heteroatoms. The Balaban J connectivity index is 2.75. The van der Waals surface area contributed by atoms with Crippen LogP contribution >= 0.6 is 0 Å². The number of rotatable bonds is 3. The van der Waals surface area contributed by atoms with Crippen LogP contribution in [0.5, 0.6) is 0 Å². The fourth-order valence-electron chi connectivity index (χ4n) is 1.04. The number of hydrogen-bond donors (Lipinski definition) is 1. The summed E-state index contributed by atoms with van der Waals surface area (Å²) in [5.74, 6) is -0.877. The van der Waals surface area contributed by atoms with E-state index in [4.69, 9.17) is 5.11 Å². The van der Waals surface area contributed by atoms with Crippen LogP contribution in [-0.4, -0.2) is 11.1 Å². The zero-order chi connectivity index (χ0) is 9.68. The smallest absolute Gasteiger partial charge is 0.335 e. The highest BCUT2D eigenvalue weighted by molar-refractivity contribution is 5.87. The molecule has 0 atom stereocenters. The topological polar surface area (TPSA) is 37.3 Å². The first-order valence-corrected chi connectivity index (χ1v) is 4.17. The van der Waals surface area contributed by atoms with Gasteiger partial charge < -0.3 is 5.11 Å². The van der Waals surface area contributed by atoms with E-state index in [-0.39, 0.29) is 0 Å². The van der Waals surface area contributed by atoms with Gasteiger partial charge in [0.05, 0.1) is 5.56 Å². The molecule has 13 heavy (non-hydrogen) atoms. The van der Waals surface area contributed by atoms with Gasteiger partial charge in [0.25, 0.3) is 0 Å². The first kappa shape index (κ1) is 9.52. The standard InChI is InChI=1S/C11H12O2/c1-2-3-4-9-5-7-10(8-6-9)11(12)13/h2-3,5-8H,4H2,1H3,(H,12,13). The lowest BCUT2D eigenvalue weighted by Crippen LogP contribution is -1.95. The molecule has 0 heterocycles. The highest BCUT2D eigenvalue weighted by Crippen LogP contribution is 2.05. The SMILES string of the molecule is CC=CCc1ccc(C(=O)O)cc1. The molecule has 0 spiro atoms. The summed E-state index contributed by atoms with van der Waals surface area (Å²) < 4.78 is 0. The van der Waals surface area contributed by atoms with E-state index in [0.29, 0.717) is 5.56 Å². The molecular weight excluding hydrogens is 164 g/mol. The monoisotopic (exact) mass is 176 g/mol. The van der Waals surface area contributed by atoms with E-state index in [2.05, 4.69) is 0 Å². The van der Waals surface area contributed by atoms with E-state index in [1.807, 2.05) is 31.2 Å². The molecule has 0 radical (unpaired) electrons. The third kappa shape index (κ3) is 2.75. The van der Waals surface area contributed by atoms with Crippen LogP contribution in [0, 0.1) is 0 Å². The van der Waals surface area contributed by atoms with E-state index < -0.39 is 5.97 Å². The molecule has 0 aliphatic heterocycles. The van der Waals surface area contributed by atoms with Gasteiger partial charge in [0.2, 0.25) is 0 Å². The molecule has 1 aromatic carbocycles. The third-order valence-corrected chi connectivity index (χ3v) is 1.79. The fraction of sp³-hybridized carbons (Fsp3) is 0.182. The van der Waals surface area contributed by atoms with E-state index in [0.717, 1.165) is 12.0 Å². The van der Waals surface area contributed by atoms with Crippen molar-refractivity contribution < 1.29 is 9.90 Å². The minimum absolute atomic E-state index is 0.337. The van der Waals surface area contributed by atoms with Crippen LogP contribution in [0.25, 0.3) is 0 Å². The van der Waals surface area contributed by atoms with Crippen LogP contribution in [0.2, 0.25) is 0 Å². The van der Waals surface area contributed by atoms with Crippen molar-refractivity contribution in [1.29, 1.82) is 0 Å². The van der Waals surface area contributed by atoms with Gasteiger partial charge in [0.15, 0.2) is 0 Å². The van der Waals surface area contributed by atoms with Gasteiger partial charge in [0.1, 0.15) is 0 Å². The quantitative estimate of drug-likeness (QED) is 0.718. The fourth-order valence-corrected chi connectivity index (χ4v) is 1.04. The van der Waals surface area contributed by atoms with Crippen molar-refractivity contribution in [1.82, 2.24) is 0 Å². The van der Waals surface area contributed by atoms with Crippen molar-refractivity contribution in [2.75, 3.05) is 0 Å². The average molecular weight is 176 g/mol. The van der Waals surface area contributed by atoms with E-state index in [9.17, 15) is 4.79 Å². The third-order valence-electron chi connectivity index (χ3n) is 1.79. The van der Waals surface area contributed by atoms with Gasteiger partial charge in [-0.25, -0.2) is 4.79 Å². The molecule has 0 saturated heterocycles. The zero-order valence-electron chi connectivity index (χ0n) is 7.53. The predicted molar refractivity (Wildman–Crippen MR) is 51.9 cm³/mol. The highest BCUT2D eigenvalue weighted by atomic mass is 16.4. The molecule has 2 nitrogen and oxygen atoms in total. The zero-order valence-corrected chi connectivity index (χ0v) is 7.53. The van der Waals surface area contributed by atoms with Crippen LogP contribution in [0.15, 0.2) is 36.4 Å².